The van der Waals surface area contributed by atoms with Gasteiger partial charge in [-0.2, -0.15) is 5.26 Å². The van der Waals surface area contributed by atoms with Gasteiger partial charge in [-0.3, -0.25) is 4.79 Å². The number of hydrogen-bond acceptors (Lipinski definition) is 3. The Morgan fingerprint density at radius 3 is 2.58 bits per heavy atom. The number of aryl methyl sites for hydroxylation is 1. The number of pyridine rings is 1. The molecule has 0 unspecified atom stereocenters. The number of aromatic amines is 1. The van der Waals surface area contributed by atoms with E-state index in [1.54, 1.807) is 13.8 Å². The molecule has 4 nitrogen and oxygen atoms in total. The van der Waals surface area contributed by atoms with Crippen LogP contribution in [0, 0.1) is 25.2 Å². The Hall–Kier alpha value is -1.76. The third-order valence-corrected chi connectivity index (χ3v) is 1.82. The summed E-state index contributed by atoms with van der Waals surface area (Å²) in [6.07, 6.45) is 0. The maximum atomic E-state index is 11.1. The number of aromatic nitrogens is 1. The maximum absolute atomic E-state index is 11.1. The summed E-state index contributed by atoms with van der Waals surface area (Å²) < 4.78 is 0. The maximum Gasteiger partial charge on any atom is 0.266 e. The molecule has 1 rings (SSSR count). The molecule has 0 fully saturated rings. The Bertz CT molecular complexity index is 412. The number of hydrogen-bond donors (Lipinski definition) is 2. The van der Waals surface area contributed by atoms with Crippen molar-refractivity contribution in [3.63, 3.8) is 0 Å². The molecule has 1 heterocycles. The molecule has 4 heteroatoms. The molecule has 0 aliphatic carbocycles. The highest BCUT2D eigenvalue weighted by Gasteiger charge is 2.08. The molecule has 0 bridgehead atoms. The van der Waals surface area contributed by atoms with Crippen molar-refractivity contribution in [1.82, 2.24) is 4.98 Å². The fourth-order valence-electron chi connectivity index (χ4n) is 1.02. The first-order chi connectivity index (χ1) is 5.57. The van der Waals surface area contributed by atoms with Gasteiger partial charge in [-0.1, -0.05) is 0 Å². The Morgan fingerprint density at radius 1 is 1.50 bits per heavy atom. The standard InChI is InChI=1S/C8H9N3O/c1-4-6(3-9)8(12)11-5(2)7(4)10/h10H2,1-2H3,(H,11,12). The van der Waals surface area contributed by atoms with Gasteiger partial charge in [0.2, 0.25) is 0 Å². The zero-order chi connectivity index (χ0) is 9.30. The van der Waals surface area contributed by atoms with Crippen LogP contribution in [0.2, 0.25) is 0 Å². The van der Waals surface area contributed by atoms with E-state index in [4.69, 9.17) is 11.0 Å². The minimum Gasteiger partial charge on any atom is -0.397 e. The lowest BCUT2D eigenvalue weighted by Gasteiger charge is -2.03. The van der Waals surface area contributed by atoms with E-state index in [0.29, 0.717) is 16.9 Å². The molecule has 0 spiro atoms. The van der Waals surface area contributed by atoms with E-state index < -0.39 is 0 Å². The van der Waals surface area contributed by atoms with Gasteiger partial charge in [0, 0.05) is 5.69 Å². The van der Waals surface area contributed by atoms with E-state index in [1.165, 1.54) is 0 Å². The highest BCUT2D eigenvalue weighted by Crippen LogP contribution is 2.13. The summed E-state index contributed by atoms with van der Waals surface area (Å²) in [4.78, 5) is 13.6. The number of nitriles is 1. The van der Waals surface area contributed by atoms with Gasteiger partial charge in [0.05, 0.1) is 5.69 Å². The van der Waals surface area contributed by atoms with Crippen LogP contribution >= 0.6 is 0 Å². The molecule has 0 aromatic carbocycles. The molecule has 0 saturated carbocycles. The molecule has 1 aromatic rings. The second-order valence-electron chi connectivity index (χ2n) is 2.60. The quantitative estimate of drug-likeness (QED) is 0.582. The summed E-state index contributed by atoms with van der Waals surface area (Å²) in [5.41, 5.74) is 6.97. The predicted molar refractivity (Wildman–Crippen MR) is 45.7 cm³/mol. The van der Waals surface area contributed by atoms with Gasteiger partial charge in [-0.25, -0.2) is 0 Å². The van der Waals surface area contributed by atoms with E-state index in [-0.39, 0.29) is 11.1 Å². The van der Waals surface area contributed by atoms with Gasteiger partial charge in [-0.15, -0.1) is 0 Å². The third kappa shape index (κ3) is 1.05. The zero-order valence-electron chi connectivity index (χ0n) is 6.93. The zero-order valence-corrected chi connectivity index (χ0v) is 6.93. The molecule has 0 saturated heterocycles. The Kier molecular flexibility index (Phi) is 1.88. The summed E-state index contributed by atoms with van der Waals surface area (Å²) in [6.45, 7) is 3.36. The van der Waals surface area contributed by atoms with Crippen LogP contribution in [0.3, 0.4) is 0 Å². The number of nitrogen functional groups attached to an aromatic ring is 1. The fourth-order valence-corrected chi connectivity index (χ4v) is 1.02. The third-order valence-electron chi connectivity index (χ3n) is 1.82. The molecule has 0 aliphatic heterocycles. The van der Waals surface area contributed by atoms with Crippen molar-refractivity contribution in [2.24, 2.45) is 0 Å². The number of anilines is 1. The van der Waals surface area contributed by atoms with Crippen molar-refractivity contribution in [3.8, 4) is 6.07 Å². The van der Waals surface area contributed by atoms with Gasteiger partial charge in [0.15, 0.2) is 0 Å². The van der Waals surface area contributed by atoms with Gasteiger partial charge in [0.1, 0.15) is 11.6 Å². The van der Waals surface area contributed by atoms with E-state index in [1.807, 2.05) is 6.07 Å². The average Bonchev–Trinajstić information content (AvgIpc) is 2.01. The van der Waals surface area contributed by atoms with Crippen LogP contribution in [0.1, 0.15) is 16.8 Å². The van der Waals surface area contributed by atoms with Crippen LogP contribution in [0.25, 0.3) is 0 Å². The van der Waals surface area contributed by atoms with Crippen LogP contribution in [0.4, 0.5) is 5.69 Å². The number of rotatable bonds is 0. The normalized spacial score (nSPS) is 9.42. The van der Waals surface area contributed by atoms with E-state index in [9.17, 15) is 4.79 Å². The summed E-state index contributed by atoms with van der Waals surface area (Å²) in [5, 5.41) is 8.59. The highest BCUT2D eigenvalue weighted by atomic mass is 16.1. The Morgan fingerprint density at radius 2 is 2.08 bits per heavy atom. The molecule has 0 amide bonds. The summed E-state index contributed by atoms with van der Waals surface area (Å²) in [6, 6.07) is 1.81. The smallest absolute Gasteiger partial charge is 0.266 e. The van der Waals surface area contributed by atoms with E-state index >= 15 is 0 Å². The van der Waals surface area contributed by atoms with Gasteiger partial charge >= 0.3 is 0 Å². The van der Waals surface area contributed by atoms with E-state index in [2.05, 4.69) is 4.98 Å². The van der Waals surface area contributed by atoms with Crippen molar-refractivity contribution >= 4 is 5.69 Å². The number of nitrogens with zero attached hydrogens (tertiary/aromatic N) is 1. The van der Waals surface area contributed by atoms with Gasteiger partial charge in [0.25, 0.3) is 5.56 Å². The Labute approximate surface area is 69.6 Å². The molecule has 3 N–H and O–H groups in total. The minimum absolute atomic E-state index is 0.0955. The minimum atomic E-state index is -0.373. The van der Waals surface area contributed by atoms with Crippen molar-refractivity contribution in [3.05, 3.63) is 27.2 Å². The van der Waals surface area contributed by atoms with Crippen LogP contribution in [0.15, 0.2) is 4.79 Å². The first-order valence-corrected chi connectivity index (χ1v) is 3.47. The van der Waals surface area contributed by atoms with Crippen LogP contribution in [0.5, 0.6) is 0 Å². The molecule has 0 atom stereocenters. The van der Waals surface area contributed by atoms with Crippen molar-refractivity contribution in [2.45, 2.75) is 13.8 Å². The molecule has 62 valence electrons. The van der Waals surface area contributed by atoms with Crippen molar-refractivity contribution < 1.29 is 0 Å². The van der Waals surface area contributed by atoms with Gasteiger partial charge in [-0.05, 0) is 19.4 Å². The molecule has 1 aromatic heterocycles. The van der Waals surface area contributed by atoms with Crippen LogP contribution in [-0.4, -0.2) is 4.98 Å². The molecule has 0 aliphatic rings. The van der Waals surface area contributed by atoms with Crippen molar-refractivity contribution in [1.29, 1.82) is 5.26 Å². The largest absolute Gasteiger partial charge is 0.397 e. The molecular formula is C8H9N3O. The average molecular weight is 163 g/mol. The highest BCUT2D eigenvalue weighted by molar-refractivity contribution is 5.55. The lowest BCUT2D eigenvalue weighted by molar-refractivity contribution is 1.11. The second kappa shape index (κ2) is 2.70. The topological polar surface area (TPSA) is 82.7 Å². The Balaban J connectivity index is 3.66. The monoisotopic (exact) mass is 163 g/mol. The lowest BCUT2D eigenvalue weighted by Crippen LogP contribution is -2.15. The first-order valence-electron chi connectivity index (χ1n) is 3.47. The first kappa shape index (κ1) is 8.34. The SMILES string of the molecule is Cc1[nH]c(=O)c(C#N)c(C)c1N. The number of nitrogens with two attached hydrogens (primary N) is 1. The molecule has 0 radical (unpaired) electrons. The predicted octanol–water partition coefficient (Wildman–Crippen LogP) is 0.446. The summed E-state index contributed by atoms with van der Waals surface area (Å²) in [7, 11) is 0. The van der Waals surface area contributed by atoms with Crippen LogP contribution < -0.4 is 11.3 Å². The van der Waals surface area contributed by atoms with Crippen LogP contribution in [-0.2, 0) is 0 Å². The van der Waals surface area contributed by atoms with E-state index in [0.717, 1.165) is 0 Å². The van der Waals surface area contributed by atoms with Gasteiger partial charge < -0.3 is 10.7 Å². The number of H-pyrrole nitrogens is 1. The lowest BCUT2D eigenvalue weighted by atomic mass is 10.1. The second-order valence-corrected chi connectivity index (χ2v) is 2.60. The molecule has 12 heavy (non-hydrogen) atoms. The summed E-state index contributed by atoms with van der Waals surface area (Å²) >= 11 is 0. The van der Waals surface area contributed by atoms with Crippen molar-refractivity contribution in [2.75, 3.05) is 5.73 Å². The fraction of sp³-hybridized carbons (Fsp3) is 0.250. The number of nitrogens with one attached hydrogen (secondary N) is 1. The molecular weight excluding hydrogens is 154 g/mol. The summed E-state index contributed by atoms with van der Waals surface area (Å²) in [5.74, 6) is 0.